The SMILES string of the molecule is Nc1ccc(S(=O)[O-])cc1C(F)(F)F. The number of hydrogen-bond donors (Lipinski definition) is 1. The molecule has 0 aliphatic carbocycles. The highest BCUT2D eigenvalue weighted by atomic mass is 32.2. The third kappa shape index (κ3) is 2.24. The summed E-state index contributed by atoms with van der Waals surface area (Å²) in [6, 6.07) is 2.42. The molecule has 0 heterocycles. The van der Waals surface area contributed by atoms with Gasteiger partial charge in [0, 0.05) is 10.6 Å². The molecule has 0 spiro atoms. The molecule has 0 aromatic heterocycles. The summed E-state index contributed by atoms with van der Waals surface area (Å²) in [7, 11) is 0. The second kappa shape index (κ2) is 3.58. The lowest BCUT2D eigenvalue weighted by atomic mass is 10.2. The summed E-state index contributed by atoms with van der Waals surface area (Å²) >= 11 is -2.69. The summed E-state index contributed by atoms with van der Waals surface area (Å²) in [5, 5.41) is 0. The fraction of sp³-hybridized carbons (Fsp3) is 0.143. The van der Waals surface area contributed by atoms with E-state index in [1.807, 2.05) is 0 Å². The van der Waals surface area contributed by atoms with Gasteiger partial charge in [0.05, 0.1) is 5.56 Å². The molecule has 0 saturated heterocycles. The number of alkyl halides is 3. The maximum Gasteiger partial charge on any atom is 0.418 e. The fourth-order valence-corrected chi connectivity index (χ4v) is 1.28. The predicted molar refractivity (Wildman–Crippen MR) is 43.0 cm³/mol. The van der Waals surface area contributed by atoms with Crippen molar-refractivity contribution in [2.24, 2.45) is 0 Å². The Kier molecular flexibility index (Phi) is 2.81. The molecular weight excluding hydrogens is 219 g/mol. The molecule has 1 aromatic rings. The molecule has 0 aliphatic heterocycles. The normalized spacial score (nSPS) is 14.0. The molecule has 78 valence electrons. The number of nitrogens with two attached hydrogens (primary N) is 1. The Labute approximate surface area is 80.0 Å². The standard InChI is InChI=1S/C7H6F3NO2S/c8-7(9,10)5-3-4(14(12)13)1-2-6(5)11/h1-3H,11H2,(H,12,13)/p-1. The highest BCUT2D eigenvalue weighted by molar-refractivity contribution is 7.79. The lowest BCUT2D eigenvalue weighted by Gasteiger charge is -2.12. The zero-order chi connectivity index (χ0) is 10.9. The predicted octanol–water partition coefficient (Wildman–Crippen LogP) is 1.53. The third-order valence-corrected chi connectivity index (χ3v) is 2.16. The van der Waals surface area contributed by atoms with Crippen molar-refractivity contribution < 1.29 is 21.9 Å². The van der Waals surface area contributed by atoms with Crippen molar-refractivity contribution in [3.05, 3.63) is 23.8 Å². The van der Waals surface area contributed by atoms with Crippen LogP contribution in [0.1, 0.15) is 5.56 Å². The first kappa shape index (κ1) is 11.0. The van der Waals surface area contributed by atoms with E-state index >= 15 is 0 Å². The largest absolute Gasteiger partial charge is 0.768 e. The van der Waals surface area contributed by atoms with Crippen LogP contribution in [-0.4, -0.2) is 8.76 Å². The zero-order valence-electron chi connectivity index (χ0n) is 6.67. The highest BCUT2D eigenvalue weighted by Gasteiger charge is 2.33. The van der Waals surface area contributed by atoms with Gasteiger partial charge in [0.25, 0.3) is 0 Å². The van der Waals surface area contributed by atoms with Gasteiger partial charge in [0.1, 0.15) is 0 Å². The smallest absolute Gasteiger partial charge is 0.418 e. The number of hydrogen-bond acceptors (Lipinski definition) is 3. The molecule has 1 aromatic carbocycles. The Balaban J connectivity index is 3.29. The summed E-state index contributed by atoms with van der Waals surface area (Å²) in [5.41, 5.74) is 3.42. The van der Waals surface area contributed by atoms with Crippen LogP contribution in [0, 0.1) is 0 Å². The molecule has 0 aliphatic rings. The Bertz CT molecular complexity index is 378. The van der Waals surface area contributed by atoms with Gasteiger partial charge in [-0.15, -0.1) is 0 Å². The van der Waals surface area contributed by atoms with E-state index in [1.165, 1.54) is 0 Å². The number of rotatable bonds is 1. The third-order valence-electron chi connectivity index (χ3n) is 1.52. The van der Waals surface area contributed by atoms with Gasteiger partial charge in [-0.05, 0) is 29.3 Å². The van der Waals surface area contributed by atoms with Crippen LogP contribution in [0.25, 0.3) is 0 Å². The van der Waals surface area contributed by atoms with Crippen molar-refractivity contribution in [1.82, 2.24) is 0 Å². The van der Waals surface area contributed by atoms with Crippen LogP contribution in [-0.2, 0) is 17.3 Å². The van der Waals surface area contributed by atoms with Gasteiger partial charge >= 0.3 is 6.18 Å². The first-order valence-corrected chi connectivity index (χ1v) is 4.46. The number of benzene rings is 1. The molecule has 0 bridgehead atoms. The first-order valence-electron chi connectivity index (χ1n) is 3.38. The van der Waals surface area contributed by atoms with Crippen LogP contribution >= 0.6 is 0 Å². The molecule has 7 heteroatoms. The topological polar surface area (TPSA) is 66.2 Å². The molecular formula is C7H5F3NO2S-. The zero-order valence-corrected chi connectivity index (χ0v) is 7.48. The van der Waals surface area contributed by atoms with Gasteiger partial charge in [-0.2, -0.15) is 13.2 Å². The fourth-order valence-electron chi connectivity index (χ4n) is 0.885. The Hall–Kier alpha value is -1.08. The minimum absolute atomic E-state index is 0.438. The average molecular weight is 224 g/mol. The molecule has 0 saturated carbocycles. The number of halogens is 3. The van der Waals surface area contributed by atoms with Crippen molar-refractivity contribution in [1.29, 1.82) is 0 Å². The minimum atomic E-state index is -4.64. The number of nitrogen functional groups attached to an aromatic ring is 1. The van der Waals surface area contributed by atoms with Gasteiger partial charge in [-0.1, -0.05) is 0 Å². The Morgan fingerprint density at radius 2 is 1.93 bits per heavy atom. The summed E-state index contributed by atoms with van der Waals surface area (Å²) < 4.78 is 57.4. The van der Waals surface area contributed by atoms with Crippen LogP contribution in [0.4, 0.5) is 18.9 Å². The van der Waals surface area contributed by atoms with Gasteiger partial charge in [-0.3, -0.25) is 4.21 Å². The second-order valence-electron chi connectivity index (χ2n) is 2.48. The molecule has 2 N–H and O–H groups in total. The Morgan fingerprint density at radius 3 is 2.36 bits per heavy atom. The number of anilines is 1. The first-order chi connectivity index (χ1) is 6.32. The minimum Gasteiger partial charge on any atom is -0.768 e. The summed E-state index contributed by atoms with van der Waals surface area (Å²) in [5.74, 6) is 0. The lowest BCUT2D eigenvalue weighted by Crippen LogP contribution is -2.09. The van der Waals surface area contributed by atoms with E-state index < -0.39 is 33.4 Å². The van der Waals surface area contributed by atoms with Gasteiger partial charge in [0.2, 0.25) is 0 Å². The van der Waals surface area contributed by atoms with Crippen LogP contribution in [0.15, 0.2) is 23.1 Å². The van der Waals surface area contributed by atoms with Crippen molar-refractivity contribution in [3.63, 3.8) is 0 Å². The van der Waals surface area contributed by atoms with E-state index in [2.05, 4.69) is 0 Å². The highest BCUT2D eigenvalue weighted by Crippen LogP contribution is 2.34. The van der Waals surface area contributed by atoms with Crippen LogP contribution in [0.5, 0.6) is 0 Å². The average Bonchev–Trinajstić information content (AvgIpc) is 2.02. The van der Waals surface area contributed by atoms with Crippen LogP contribution < -0.4 is 5.73 Å². The van der Waals surface area contributed by atoms with E-state index in [-0.39, 0.29) is 0 Å². The van der Waals surface area contributed by atoms with E-state index in [0.717, 1.165) is 12.1 Å². The summed E-state index contributed by atoms with van der Waals surface area (Å²) in [6.07, 6.45) is -4.64. The summed E-state index contributed by atoms with van der Waals surface area (Å²) in [4.78, 5) is -0.438. The molecule has 1 unspecified atom stereocenters. The van der Waals surface area contributed by atoms with Gasteiger partial charge < -0.3 is 10.3 Å². The molecule has 1 rings (SSSR count). The van der Waals surface area contributed by atoms with Crippen molar-refractivity contribution in [2.45, 2.75) is 11.1 Å². The lowest BCUT2D eigenvalue weighted by molar-refractivity contribution is -0.137. The molecule has 0 amide bonds. The maximum atomic E-state index is 12.2. The van der Waals surface area contributed by atoms with Crippen molar-refractivity contribution in [3.8, 4) is 0 Å². The van der Waals surface area contributed by atoms with Crippen LogP contribution in [0.3, 0.4) is 0 Å². The molecule has 14 heavy (non-hydrogen) atoms. The Morgan fingerprint density at radius 1 is 1.36 bits per heavy atom. The molecule has 0 fully saturated rings. The maximum absolute atomic E-state index is 12.2. The van der Waals surface area contributed by atoms with Gasteiger partial charge in [-0.25, -0.2) is 0 Å². The van der Waals surface area contributed by atoms with E-state index in [1.54, 1.807) is 0 Å². The van der Waals surface area contributed by atoms with Gasteiger partial charge in [0.15, 0.2) is 0 Å². The monoisotopic (exact) mass is 224 g/mol. The van der Waals surface area contributed by atoms with E-state index in [0.29, 0.717) is 6.07 Å². The molecule has 1 atom stereocenters. The quantitative estimate of drug-likeness (QED) is 0.581. The van der Waals surface area contributed by atoms with Crippen molar-refractivity contribution >= 4 is 16.8 Å². The molecule has 0 radical (unpaired) electrons. The second-order valence-corrected chi connectivity index (χ2v) is 3.42. The molecule has 3 nitrogen and oxygen atoms in total. The van der Waals surface area contributed by atoms with E-state index in [9.17, 15) is 21.9 Å². The summed E-state index contributed by atoms with van der Waals surface area (Å²) in [6.45, 7) is 0. The van der Waals surface area contributed by atoms with E-state index in [4.69, 9.17) is 5.73 Å². The van der Waals surface area contributed by atoms with Crippen LogP contribution in [0.2, 0.25) is 0 Å². The van der Waals surface area contributed by atoms with Crippen molar-refractivity contribution in [2.75, 3.05) is 5.73 Å².